The molecule has 1 heteroatoms. The van der Waals surface area contributed by atoms with E-state index in [1.165, 1.54) is 11.1 Å². The van der Waals surface area contributed by atoms with Crippen LogP contribution in [0.3, 0.4) is 0 Å². The molecule has 1 aromatic carbocycles. The first kappa shape index (κ1) is 12.0. The van der Waals surface area contributed by atoms with Crippen molar-refractivity contribution in [2.45, 2.75) is 40.5 Å². The Morgan fingerprint density at radius 2 is 1.73 bits per heavy atom. The summed E-state index contributed by atoms with van der Waals surface area (Å²) in [6.07, 6.45) is 2.05. The molecule has 1 rings (SSSR count). The summed E-state index contributed by atoms with van der Waals surface area (Å²) in [5.41, 5.74) is 3.21. The van der Waals surface area contributed by atoms with Crippen molar-refractivity contribution in [2.75, 3.05) is 0 Å². The molecule has 1 nitrogen and oxygen atoms in total. The van der Waals surface area contributed by atoms with E-state index in [4.69, 9.17) is 0 Å². The summed E-state index contributed by atoms with van der Waals surface area (Å²) >= 11 is 0. The summed E-state index contributed by atoms with van der Waals surface area (Å²) in [4.78, 5) is 12.0. The standard InChI is InChI=1S/C14H20O/c1-5-6-12(4)14(15)13-8-10(2)7-11(3)9-13/h7-9,12H,5-6H2,1-4H3. The molecule has 1 aromatic rings. The number of aryl methyl sites for hydroxylation is 2. The summed E-state index contributed by atoms with van der Waals surface area (Å²) in [5.74, 6) is 0.430. The lowest BCUT2D eigenvalue weighted by atomic mass is 9.93. The highest BCUT2D eigenvalue weighted by molar-refractivity contribution is 5.97. The van der Waals surface area contributed by atoms with Gasteiger partial charge in [0.15, 0.2) is 5.78 Å². The van der Waals surface area contributed by atoms with Gasteiger partial charge in [-0.15, -0.1) is 0 Å². The second-order valence-electron chi connectivity index (χ2n) is 4.43. The molecule has 0 aliphatic heterocycles. The lowest BCUT2D eigenvalue weighted by molar-refractivity contribution is 0.0923. The number of carbonyl (C=O) groups excluding carboxylic acids is 1. The van der Waals surface area contributed by atoms with E-state index >= 15 is 0 Å². The normalized spacial score (nSPS) is 12.5. The topological polar surface area (TPSA) is 17.1 Å². The minimum atomic E-state index is 0.149. The fourth-order valence-corrected chi connectivity index (χ4v) is 1.97. The summed E-state index contributed by atoms with van der Waals surface area (Å²) in [5, 5.41) is 0. The zero-order chi connectivity index (χ0) is 11.4. The monoisotopic (exact) mass is 204 g/mol. The highest BCUT2D eigenvalue weighted by atomic mass is 16.1. The number of rotatable bonds is 4. The van der Waals surface area contributed by atoms with Gasteiger partial charge in [0.05, 0.1) is 0 Å². The largest absolute Gasteiger partial charge is 0.294 e. The van der Waals surface area contributed by atoms with Crippen LogP contribution in [0.5, 0.6) is 0 Å². The fourth-order valence-electron chi connectivity index (χ4n) is 1.97. The van der Waals surface area contributed by atoms with Gasteiger partial charge in [-0.1, -0.05) is 37.5 Å². The fraction of sp³-hybridized carbons (Fsp3) is 0.500. The van der Waals surface area contributed by atoms with Gasteiger partial charge in [0.1, 0.15) is 0 Å². The van der Waals surface area contributed by atoms with Crippen molar-refractivity contribution in [1.29, 1.82) is 0 Å². The van der Waals surface area contributed by atoms with Gasteiger partial charge in [0.2, 0.25) is 0 Å². The van der Waals surface area contributed by atoms with E-state index in [2.05, 4.69) is 13.0 Å². The van der Waals surface area contributed by atoms with E-state index in [-0.39, 0.29) is 11.7 Å². The molecule has 0 radical (unpaired) electrons. The number of carbonyl (C=O) groups is 1. The number of ketones is 1. The third-order valence-corrected chi connectivity index (χ3v) is 2.68. The average Bonchev–Trinajstić information content (AvgIpc) is 2.15. The van der Waals surface area contributed by atoms with Crippen molar-refractivity contribution in [2.24, 2.45) is 5.92 Å². The summed E-state index contributed by atoms with van der Waals surface area (Å²) < 4.78 is 0. The van der Waals surface area contributed by atoms with Crippen LogP contribution >= 0.6 is 0 Å². The first-order chi connectivity index (χ1) is 7.04. The lowest BCUT2D eigenvalue weighted by Gasteiger charge is -2.10. The third kappa shape index (κ3) is 3.19. The molecule has 0 aromatic heterocycles. The van der Waals surface area contributed by atoms with Crippen molar-refractivity contribution >= 4 is 5.78 Å². The number of Topliss-reactive ketones (excluding diaryl/α,β-unsaturated/α-hetero) is 1. The van der Waals surface area contributed by atoms with Crippen LogP contribution in [0.1, 0.15) is 48.2 Å². The first-order valence-electron chi connectivity index (χ1n) is 5.67. The van der Waals surface area contributed by atoms with Gasteiger partial charge in [-0.05, 0) is 32.4 Å². The van der Waals surface area contributed by atoms with Crippen LogP contribution in [0.4, 0.5) is 0 Å². The van der Waals surface area contributed by atoms with E-state index in [9.17, 15) is 4.79 Å². The maximum Gasteiger partial charge on any atom is 0.165 e. The molecule has 0 N–H and O–H groups in total. The number of hydrogen-bond acceptors (Lipinski definition) is 1. The molecule has 0 aliphatic carbocycles. The molecule has 0 saturated carbocycles. The smallest absolute Gasteiger partial charge is 0.165 e. The Morgan fingerprint density at radius 1 is 1.20 bits per heavy atom. The highest BCUT2D eigenvalue weighted by Crippen LogP contribution is 2.16. The van der Waals surface area contributed by atoms with E-state index < -0.39 is 0 Å². The van der Waals surface area contributed by atoms with Crippen LogP contribution in [-0.4, -0.2) is 5.78 Å². The minimum Gasteiger partial charge on any atom is -0.294 e. The van der Waals surface area contributed by atoms with Gasteiger partial charge in [-0.25, -0.2) is 0 Å². The Morgan fingerprint density at radius 3 is 2.20 bits per heavy atom. The molecule has 0 saturated heterocycles. The van der Waals surface area contributed by atoms with Gasteiger partial charge in [-0.2, -0.15) is 0 Å². The van der Waals surface area contributed by atoms with Crippen LogP contribution in [-0.2, 0) is 0 Å². The molecule has 1 atom stereocenters. The van der Waals surface area contributed by atoms with E-state index in [0.717, 1.165) is 18.4 Å². The molecular formula is C14H20O. The van der Waals surface area contributed by atoms with E-state index in [1.807, 2.05) is 32.9 Å². The molecule has 0 aliphatic rings. The predicted molar refractivity (Wildman–Crippen MR) is 64.3 cm³/mol. The van der Waals surface area contributed by atoms with Crippen LogP contribution in [0.15, 0.2) is 18.2 Å². The Balaban J connectivity index is 2.90. The van der Waals surface area contributed by atoms with Crippen molar-refractivity contribution < 1.29 is 4.79 Å². The average molecular weight is 204 g/mol. The highest BCUT2D eigenvalue weighted by Gasteiger charge is 2.14. The molecule has 15 heavy (non-hydrogen) atoms. The molecule has 0 bridgehead atoms. The van der Waals surface area contributed by atoms with Gasteiger partial charge in [0.25, 0.3) is 0 Å². The molecular weight excluding hydrogens is 184 g/mol. The van der Waals surface area contributed by atoms with Gasteiger partial charge < -0.3 is 0 Å². The minimum absolute atomic E-state index is 0.149. The molecule has 0 amide bonds. The van der Waals surface area contributed by atoms with Crippen LogP contribution in [0.25, 0.3) is 0 Å². The molecule has 82 valence electrons. The second-order valence-corrected chi connectivity index (χ2v) is 4.43. The molecule has 0 fully saturated rings. The summed E-state index contributed by atoms with van der Waals surface area (Å²) in [6.45, 7) is 8.21. The zero-order valence-electron chi connectivity index (χ0n) is 10.1. The van der Waals surface area contributed by atoms with Crippen molar-refractivity contribution in [3.8, 4) is 0 Å². The Hall–Kier alpha value is -1.11. The van der Waals surface area contributed by atoms with Crippen LogP contribution < -0.4 is 0 Å². The maximum absolute atomic E-state index is 12.0. The second kappa shape index (κ2) is 5.11. The summed E-state index contributed by atoms with van der Waals surface area (Å²) in [7, 11) is 0. The van der Waals surface area contributed by atoms with Crippen molar-refractivity contribution in [1.82, 2.24) is 0 Å². The lowest BCUT2D eigenvalue weighted by Crippen LogP contribution is -2.11. The SMILES string of the molecule is CCCC(C)C(=O)c1cc(C)cc(C)c1. The van der Waals surface area contributed by atoms with Crippen molar-refractivity contribution in [3.05, 3.63) is 34.9 Å². The summed E-state index contributed by atoms with van der Waals surface area (Å²) in [6, 6.07) is 6.07. The quantitative estimate of drug-likeness (QED) is 0.679. The number of benzene rings is 1. The Bertz CT molecular complexity index is 332. The van der Waals surface area contributed by atoms with Gasteiger partial charge >= 0.3 is 0 Å². The first-order valence-corrected chi connectivity index (χ1v) is 5.67. The maximum atomic E-state index is 12.0. The number of hydrogen-bond donors (Lipinski definition) is 0. The molecule has 0 spiro atoms. The molecule has 0 heterocycles. The van der Waals surface area contributed by atoms with Crippen LogP contribution in [0, 0.1) is 19.8 Å². The predicted octanol–water partition coefficient (Wildman–Crippen LogP) is 3.92. The van der Waals surface area contributed by atoms with Crippen molar-refractivity contribution in [3.63, 3.8) is 0 Å². The van der Waals surface area contributed by atoms with Gasteiger partial charge in [-0.3, -0.25) is 4.79 Å². The molecule has 1 unspecified atom stereocenters. The van der Waals surface area contributed by atoms with Crippen LogP contribution in [0.2, 0.25) is 0 Å². The Labute approximate surface area is 92.5 Å². The van der Waals surface area contributed by atoms with E-state index in [1.54, 1.807) is 0 Å². The third-order valence-electron chi connectivity index (χ3n) is 2.68. The Kier molecular flexibility index (Phi) is 4.07. The van der Waals surface area contributed by atoms with E-state index in [0.29, 0.717) is 0 Å². The zero-order valence-corrected chi connectivity index (χ0v) is 10.1. The van der Waals surface area contributed by atoms with Gasteiger partial charge in [0, 0.05) is 11.5 Å².